The van der Waals surface area contributed by atoms with E-state index in [0.717, 1.165) is 36.1 Å². The van der Waals surface area contributed by atoms with Gasteiger partial charge in [-0.05, 0) is 47.4 Å². The molecule has 536 valence electrons. The van der Waals surface area contributed by atoms with Crippen LogP contribution in [0.4, 0.5) is 13.2 Å². The van der Waals surface area contributed by atoms with Crippen LogP contribution in [-0.4, -0.2) is 65.3 Å². The number of piperazine rings is 1. The van der Waals surface area contributed by atoms with Gasteiger partial charge in [-0.3, -0.25) is 14.5 Å². The molecular weight excluding hydrogens is 2230 g/mol. The van der Waals surface area contributed by atoms with Gasteiger partial charge in [0.2, 0.25) is 11.8 Å². The van der Waals surface area contributed by atoms with Gasteiger partial charge in [-0.2, -0.15) is 13.2 Å². The fourth-order valence-electron chi connectivity index (χ4n) is 6.57. The Hall–Kier alpha value is 9.01. The van der Waals surface area contributed by atoms with Gasteiger partial charge < -0.3 is 9.80 Å². The van der Waals surface area contributed by atoms with Crippen molar-refractivity contribution in [3.05, 3.63) is 71.3 Å². The van der Waals surface area contributed by atoms with Gasteiger partial charge >= 0.3 is 6.18 Å². The quantitative estimate of drug-likeness (QED) is 0.376. The fraction of sp³-hybridized carbons (Fsp3) is 0.548. The zero-order chi connectivity index (χ0) is 67.1. The van der Waals surface area contributed by atoms with Gasteiger partial charge in [0.25, 0.3) is 0 Å². The van der Waals surface area contributed by atoms with E-state index in [1.807, 2.05) is 378 Å². The molecule has 0 radical (unpaired) electrons. The summed E-state index contributed by atoms with van der Waals surface area (Å²) in [6.45, 7) is 11.2. The predicted octanol–water partition coefficient (Wildman–Crippen LogP) is 5.87. The van der Waals surface area contributed by atoms with Gasteiger partial charge in [0, 0.05) is 536 Å². The minimum atomic E-state index is -4.38. The van der Waals surface area contributed by atoms with Crippen molar-refractivity contribution in [2.45, 2.75) is 65.2 Å². The van der Waals surface area contributed by atoms with E-state index in [1.54, 1.807) is 126 Å². The van der Waals surface area contributed by atoms with E-state index in [1.165, 1.54) is 17.8 Å². The predicted molar refractivity (Wildman–Crippen MR) is 544 cm³/mol. The number of nitrogens with zero attached hydrogens (tertiary/aromatic N) is 3. The molecule has 0 N–H and O–H groups in total. The standard InChI is InChI=1S/C31H40F3N3O2.S54/c1-22(38)35-16-14-23(15-17-35)20-28(39)37-19-18-36(21-27(37)30(2,3)4)29(24-8-6-5-7-9-24)25-10-12-26(13-11-25)31(32,33)34;1-3-5-7-9-11-13-15-17-19-21-23-25-27-29-31-33-35-37-39-41-43-45-47-49-51-53-54-52-50-48-46-44-42-40-38-36-34-32-30-28-26-24-22-20-18-16-14-12-10-8-6-4-2/h5-13,23,27,29H,14-21H2,1-4H3;/t27-,29?;/m1./s1. The van der Waals surface area contributed by atoms with E-state index in [9.17, 15) is 22.8 Å². The van der Waals surface area contributed by atoms with Crippen molar-refractivity contribution in [2.24, 2.45) is 11.3 Å². The van der Waals surface area contributed by atoms with E-state index in [4.69, 9.17) is 22.4 Å². The van der Waals surface area contributed by atoms with Crippen molar-refractivity contribution >= 4 is 496 Å². The summed E-state index contributed by atoms with van der Waals surface area (Å²) < 4.78 is 39.8. The van der Waals surface area contributed by atoms with E-state index in [0.29, 0.717) is 39.1 Å². The Morgan fingerprint density at radius 2 is 0.699 bits per heavy atom. The highest BCUT2D eigenvalue weighted by Crippen LogP contribution is 2.37. The van der Waals surface area contributed by atoms with Crippen molar-refractivity contribution in [1.82, 2.24) is 14.7 Å². The summed E-state index contributed by atoms with van der Waals surface area (Å²) in [6.07, 6.45) is -2.21. The van der Waals surface area contributed by atoms with Gasteiger partial charge in [0.05, 0.1) is 11.6 Å². The van der Waals surface area contributed by atoms with Crippen LogP contribution in [0.25, 0.3) is 0 Å². The van der Waals surface area contributed by atoms with Crippen molar-refractivity contribution < 1.29 is 22.8 Å². The number of carbonyl (C=O) groups is 2. The Morgan fingerprint density at radius 1 is 0.419 bits per heavy atom. The van der Waals surface area contributed by atoms with E-state index in [2.05, 4.69) is 25.7 Å². The van der Waals surface area contributed by atoms with Crippen LogP contribution in [0, 0.1) is 11.3 Å². The molecule has 1 unspecified atom stereocenters. The molecule has 2 aromatic rings. The molecule has 93 heavy (non-hydrogen) atoms. The Morgan fingerprint density at radius 3 is 0.957 bits per heavy atom. The van der Waals surface area contributed by atoms with Gasteiger partial charge in [-0.25, -0.2) is 0 Å². The summed E-state index contributed by atoms with van der Waals surface area (Å²) in [6, 6.07) is 15.1. The second-order valence-corrected chi connectivity index (χ2v) is 108. The molecule has 0 aliphatic carbocycles. The molecule has 2 fully saturated rings. The largest absolute Gasteiger partial charge is 0.416 e. The lowest BCUT2D eigenvalue weighted by molar-refractivity contribution is -0.141. The highest BCUT2D eigenvalue weighted by molar-refractivity contribution is 8.82. The van der Waals surface area contributed by atoms with Gasteiger partial charge in [0.1, 0.15) is 0 Å². The SMILES string of the molecule is CC(=O)N1CCC(CC(=O)N2CCN(C(c3ccccc3)c3ccc(C(F)(F)F)cc3)C[C@@H]2C(C)(C)C)CC1.S=S=S=S=S=S=S=S=S=S=S=S=S=S=S=S=S=S=S=S=S=S=S=S=S=S=S=S=S=S=S=S=S=S=S=S=S=S=S=S=S=S=S=S=S=S=S=S=S=S=S=S=S=S. The summed E-state index contributed by atoms with van der Waals surface area (Å²) in [5.41, 5.74) is 0.976. The van der Waals surface area contributed by atoms with E-state index < -0.39 is 11.7 Å². The number of alkyl halides is 3. The van der Waals surface area contributed by atoms with Crippen LogP contribution in [0.5, 0.6) is 0 Å². The fourth-order valence-corrected chi connectivity index (χ4v) is 144. The molecule has 4 rings (SSSR count). The van der Waals surface area contributed by atoms with Crippen molar-refractivity contribution in [1.29, 1.82) is 0 Å². The molecule has 2 amide bonds. The molecule has 2 aromatic carbocycles. The molecule has 2 saturated heterocycles. The number of carbonyl (C=O) groups excluding carboxylic acids is 2. The third-order valence-electron chi connectivity index (χ3n) is 9.71. The topological polar surface area (TPSA) is 43.9 Å². The van der Waals surface area contributed by atoms with Gasteiger partial charge in [-0.1, -0.05) is 63.2 Å². The van der Waals surface area contributed by atoms with Crippen molar-refractivity contribution in [2.75, 3.05) is 32.7 Å². The summed E-state index contributed by atoms with van der Waals surface area (Å²) >= 11 is 9.63. The summed E-state index contributed by atoms with van der Waals surface area (Å²) in [4.78, 5) is 31.5. The first-order chi connectivity index (χ1) is 45.3. The molecule has 2 heterocycles. The average molecular weight is 2280 g/mol. The normalized spacial score (nSPS) is 13.2. The van der Waals surface area contributed by atoms with Crippen LogP contribution in [0.3, 0.4) is 0 Å². The third kappa shape index (κ3) is 52.7. The number of benzene rings is 2. The monoisotopic (exact) mass is 2270 g/mol. The van der Waals surface area contributed by atoms with Crippen molar-refractivity contribution in [3.8, 4) is 0 Å². The zero-order valence-electron chi connectivity index (χ0n) is 45.4. The molecule has 2 atom stereocenters. The highest BCUT2D eigenvalue weighted by Gasteiger charge is 2.41. The second-order valence-electron chi connectivity index (χ2n) is 15.6. The van der Waals surface area contributed by atoms with Crippen LogP contribution >= 0.6 is 0 Å². The van der Waals surface area contributed by atoms with Crippen LogP contribution in [0.1, 0.15) is 69.7 Å². The lowest BCUT2D eigenvalue weighted by Gasteiger charge is -2.50. The first-order valence-corrected chi connectivity index (χ1v) is 93.4. The number of likely N-dealkylation sites (tertiary alicyclic amines) is 1. The average Bonchev–Trinajstić information content (AvgIpc) is 0.790. The molecule has 5 nitrogen and oxygen atoms in total. The highest BCUT2D eigenvalue weighted by atomic mass is 33.5. The lowest BCUT2D eigenvalue weighted by Crippen LogP contribution is -2.60. The molecule has 0 saturated carbocycles. The number of hydrogen-bond acceptors (Lipinski definition) is 5. The minimum absolute atomic E-state index is 0.0447. The van der Waals surface area contributed by atoms with Crippen LogP contribution < -0.4 is 0 Å². The number of rotatable bonds is 5. The second kappa shape index (κ2) is 66.8. The Labute approximate surface area is 697 Å². The van der Waals surface area contributed by atoms with E-state index >= 15 is 0 Å². The van der Waals surface area contributed by atoms with Crippen LogP contribution in [-0.2, 0) is 500 Å². The molecule has 0 aromatic heterocycles. The molecular formula is C31H40F3N3O2S54. The number of halogens is 3. The molecule has 2 aliphatic heterocycles. The number of hydrogen-bond donors (Lipinski definition) is 0. The maximum absolute atomic E-state index is 13.6. The maximum Gasteiger partial charge on any atom is 0.416 e. The van der Waals surface area contributed by atoms with Crippen LogP contribution in [0.15, 0.2) is 54.6 Å². The first-order valence-electron chi connectivity index (χ1n) is 22.7. The summed E-state index contributed by atoms with van der Waals surface area (Å²) in [5.74, 6) is 0.516. The Bertz CT molecular complexity index is 5300. The van der Waals surface area contributed by atoms with Crippen molar-refractivity contribution in [3.63, 3.8) is 0 Å². The Balaban J connectivity index is 0.000000507. The number of amides is 2. The van der Waals surface area contributed by atoms with Crippen LogP contribution in [0.2, 0.25) is 0 Å². The summed E-state index contributed by atoms with van der Waals surface area (Å²) in [5, 5.41) is 0. The van der Waals surface area contributed by atoms with Gasteiger partial charge in [0.15, 0.2) is 0 Å². The Kier molecular flexibility index (Phi) is 69.1. The minimum Gasteiger partial charge on any atom is -0.343 e. The zero-order valence-corrected chi connectivity index (χ0v) is 89.5. The van der Waals surface area contributed by atoms with Gasteiger partial charge in [-0.15, -0.1) is 0 Å². The third-order valence-corrected chi connectivity index (χ3v) is 123. The molecule has 0 bridgehead atoms. The molecule has 0 spiro atoms. The van der Waals surface area contributed by atoms with E-state index in [-0.39, 0.29) is 35.2 Å². The first kappa shape index (κ1) is 96.2. The molecule has 2 aliphatic rings. The maximum atomic E-state index is 13.6. The molecule has 62 heteroatoms. The lowest BCUT2D eigenvalue weighted by atomic mass is 9.82. The smallest absolute Gasteiger partial charge is 0.343 e. The number of piperidine rings is 1. The summed E-state index contributed by atoms with van der Waals surface area (Å²) in [7, 11) is 93.0.